The van der Waals surface area contributed by atoms with E-state index in [2.05, 4.69) is 0 Å². The highest BCUT2D eigenvalue weighted by Gasteiger charge is 2.32. The monoisotopic (exact) mass is 307 g/mol. The first-order chi connectivity index (χ1) is 10.1. The number of rotatable bonds is 3. The second kappa shape index (κ2) is 5.33. The lowest BCUT2D eigenvalue weighted by molar-refractivity contribution is -0.121. The highest BCUT2D eigenvalue weighted by molar-refractivity contribution is 8.18. The SMILES string of the molecule is CCOc1cc2c(cc1/C=C1\SC(=O)N(C)C1=O)OCO2. The van der Waals surface area contributed by atoms with Crippen molar-refractivity contribution in [1.82, 2.24) is 4.90 Å². The van der Waals surface area contributed by atoms with E-state index >= 15 is 0 Å². The van der Waals surface area contributed by atoms with Crippen LogP contribution in [0.5, 0.6) is 17.2 Å². The fourth-order valence-corrected chi connectivity index (χ4v) is 2.84. The van der Waals surface area contributed by atoms with Crippen molar-refractivity contribution in [3.8, 4) is 17.2 Å². The van der Waals surface area contributed by atoms with Crippen molar-refractivity contribution in [2.75, 3.05) is 20.4 Å². The van der Waals surface area contributed by atoms with E-state index in [1.807, 2.05) is 6.92 Å². The highest BCUT2D eigenvalue weighted by atomic mass is 32.2. The Morgan fingerprint density at radius 2 is 2.05 bits per heavy atom. The summed E-state index contributed by atoms with van der Waals surface area (Å²) in [5.74, 6) is 1.48. The molecule has 0 N–H and O–H groups in total. The first-order valence-electron chi connectivity index (χ1n) is 6.38. The molecule has 110 valence electrons. The Bertz CT molecular complexity index is 655. The van der Waals surface area contributed by atoms with Crippen LogP contribution in [0.2, 0.25) is 0 Å². The maximum Gasteiger partial charge on any atom is 0.293 e. The molecule has 0 unspecified atom stereocenters. The molecule has 2 aliphatic rings. The van der Waals surface area contributed by atoms with Gasteiger partial charge in [-0.2, -0.15) is 0 Å². The van der Waals surface area contributed by atoms with E-state index in [1.54, 1.807) is 18.2 Å². The smallest absolute Gasteiger partial charge is 0.293 e. The molecule has 2 heterocycles. The van der Waals surface area contributed by atoms with Gasteiger partial charge in [0.05, 0.1) is 11.5 Å². The number of carbonyl (C=O) groups excluding carboxylic acids is 2. The molecule has 1 fully saturated rings. The van der Waals surface area contributed by atoms with Crippen molar-refractivity contribution >= 4 is 29.0 Å². The standard InChI is InChI=1S/C14H13NO5S/c1-3-18-9-6-11-10(19-7-20-11)4-8(9)5-12-13(16)15(2)14(17)21-12/h4-6H,3,7H2,1-2H3/b12-5-. The number of thioether (sulfide) groups is 1. The van der Waals surface area contributed by atoms with Gasteiger partial charge in [-0.25, -0.2) is 0 Å². The van der Waals surface area contributed by atoms with E-state index in [9.17, 15) is 9.59 Å². The Morgan fingerprint density at radius 1 is 1.33 bits per heavy atom. The number of fused-ring (bicyclic) bond motifs is 1. The molecule has 2 amide bonds. The summed E-state index contributed by atoms with van der Waals surface area (Å²) in [6, 6.07) is 3.48. The fraction of sp³-hybridized carbons (Fsp3) is 0.286. The van der Waals surface area contributed by atoms with Crippen molar-refractivity contribution < 1.29 is 23.8 Å². The number of imide groups is 1. The summed E-state index contributed by atoms with van der Waals surface area (Å²) in [5.41, 5.74) is 0.681. The lowest BCUT2D eigenvalue weighted by Gasteiger charge is -2.09. The van der Waals surface area contributed by atoms with Gasteiger partial charge < -0.3 is 14.2 Å². The van der Waals surface area contributed by atoms with Gasteiger partial charge in [-0.1, -0.05) is 0 Å². The van der Waals surface area contributed by atoms with Crippen LogP contribution in [0.4, 0.5) is 4.79 Å². The third-order valence-corrected chi connectivity index (χ3v) is 4.04. The number of ether oxygens (including phenoxy) is 3. The Balaban J connectivity index is 2.02. The average Bonchev–Trinajstić information content (AvgIpc) is 3.00. The van der Waals surface area contributed by atoms with Gasteiger partial charge >= 0.3 is 0 Å². The highest BCUT2D eigenvalue weighted by Crippen LogP contribution is 2.40. The summed E-state index contributed by atoms with van der Waals surface area (Å²) in [5, 5.41) is -0.287. The molecule has 2 aliphatic heterocycles. The zero-order valence-electron chi connectivity index (χ0n) is 11.5. The van der Waals surface area contributed by atoms with Gasteiger partial charge in [-0.15, -0.1) is 0 Å². The predicted molar refractivity (Wildman–Crippen MR) is 77.5 cm³/mol. The Labute approximate surface area is 125 Å². The maximum absolute atomic E-state index is 11.9. The minimum absolute atomic E-state index is 0.163. The lowest BCUT2D eigenvalue weighted by Crippen LogP contribution is -2.22. The van der Waals surface area contributed by atoms with Crippen molar-refractivity contribution in [2.45, 2.75) is 6.92 Å². The molecule has 0 aromatic heterocycles. The van der Waals surface area contributed by atoms with Gasteiger partial charge in [0.25, 0.3) is 11.1 Å². The quantitative estimate of drug-likeness (QED) is 0.799. The van der Waals surface area contributed by atoms with Gasteiger partial charge in [0.2, 0.25) is 6.79 Å². The topological polar surface area (TPSA) is 65.1 Å². The molecule has 0 bridgehead atoms. The average molecular weight is 307 g/mol. The summed E-state index contributed by atoms with van der Waals surface area (Å²) in [4.78, 5) is 24.9. The Hall–Kier alpha value is -2.15. The molecule has 1 aromatic rings. The van der Waals surface area contributed by atoms with E-state index in [-0.39, 0.29) is 17.9 Å². The molecule has 1 saturated heterocycles. The molecule has 3 rings (SSSR count). The van der Waals surface area contributed by atoms with Gasteiger partial charge in [0, 0.05) is 18.7 Å². The lowest BCUT2D eigenvalue weighted by atomic mass is 10.1. The number of amides is 2. The van der Waals surface area contributed by atoms with Crippen LogP contribution in [-0.4, -0.2) is 36.5 Å². The number of likely N-dealkylation sites (N-methyl/N-ethyl adjacent to an activating group) is 1. The predicted octanol–water partition coefficient (Wildman–Crippen LogP) is 2.48. The molecule has 0 atom stereocenters. The van der Waals surface area contributed by atoms with Gasteiger partial charge in [0.15, 0.2) is 11.5 Å². The van der Waals surface area contributed by atoms with Crippen molar-refractivity contribution in [1.29, 1.82) is 0 Å². The van der Waals surface area contributed by atoms with Crippen LogP contribution in [0.25, 0.3) is 6.08 Å². The molecule has 0 radical (unpaired) electrons. The normalized spacial score (nSPS) is 18.8. The maximum atomic E-state index is 11.9. The second-order valence-electron chi connectivity index (χ2n) is 4.42. The third kappa shape index (κ3) is 2.44. The first kappa shape index (κ1) is 13.8. The summed E-state index contributed by atoms with van der Waals surface area (Å²) in [6.45, 7) is 2.51. The van der Waals surface area contributed by atoms with E-state index < -0.39 is 0 Å². The van der Waals surface area contributed by atoms with E-state index in [1.165, 1.54) is 7.05 Å². The molecule has 21 heavy (non-hydrogen) atoms. The van der Waals surface area contributed by atoms with Gasteiger partial charge in [-0.05, 0) is 30.8 Å². The van der Waals surface area contributed by atoms with Gasteiger partial charge in [0.1, 0.15) is 5.75 Å². The largest absolute Gasteiger partial charge is 0.493 e. The Morgan fingerprint density at radius 3 is 2.67 bits per heavy atom. The molecule has 0 spiro atoms. The second-order valence-corrected chi connectivity index (χ2v) is 5.41. The molecular formula is C14H13NO5S. The number of nitrogens with zero attached hydrogens (tertiary/aromatic N) is 1. The summed E-state index contributed by atoms with van der Waals surface area (Å²) in [7, 11) is 1.46. The van der Waals surface area contributed by atoms with E-state index in [0.29, 0.717) is 34.3 Å². The number of benzene rings is 1. The van der Waals surface area contributed by atoms with Crippen LogP contribution >= 0.6 is 11.8 Å². The van der Waals surface area contributed by atoms with Crippen LogP contribution in [0.15, 0.2) is 17.0 Å². The molecular weight excluding hydrogens is 294 g/mol. The van der Waals surface area contributed by atoms with E-state index in [4.69, 9.17) is 14.2 Å². The molecule has 0 saturated carbocycles. The van der Waals surface area contributed by atoms with E-state index in [0.717, 1.165) is 16.7 Å². The van der Waals surface area contributed by atoms with Crippen LogP contribution in [0, 0.1) is 0 Å². The molecule has 7 heteroatoms. The van der Waals surface area contributed by atoms with Crippen molar-refractivity contribution in [2.24, 2.45) is 0 Å². The van der Waals surface area contributed by atoms with Crippen LogP contribution < -0.4 is 14.2 Å². The third-order valence-electron chi connectivity index (χ3n) is 3.08. The van der Waals surface area contributed by atoms with Gasteiger partial charge in [-0.3, -0.25) is 14.5 Å². The van der Waals surface area contributed by atoms with Crippen LogP contribution in [0.1, 0.15) is 12.5 Å². The Kier molecular flexibility index (Phi) is 3.50. The summed E-state index contributed by atoms with van der Waals surface area (Å²) < 4.78 is 16.2. The number of hydrogen-bond acceptors (Lipinski definition) is 6. The minimum atomic E-state index is -0.315. The first-order valence-corrected chi connectivity index (χ1v) is 7.19. The molecule has 6 nitrogen and oxygen atoms in total. The minimum Gasteiger partial charge on any atom is -0.493 e. The molecule has 0 aliphatic carbocycles. The summed E-state index contributed by atoms with van der Waals surface area (Å²) in [6.07, 6.45) is 1.64. The number of carbonyl (C=O) groups is 2. The van der Waals surface area contributed by atoms with Crippen LogP contribution in [0.3, 0.4) is 0 Å². The van der Waals surface area contributed by atoms with Crippen molar-refractivity contribution in [3.63, 3.8) is 0 Å². The molecule has 1 aromatic carbocycles. The zero-order chi connectivity index (χ0) is 15.0. The summed E-state index contributed by atoms with van der Waals surface area (Å²) >= 11 is 0.908. The zero-order valence-corrected chi connectivity index (χ0v) is 12.4. The van der Waals surface area contributed by atoms with Crippen molar-refractivity contribution in [3.05, 3.63) is 22.6 Å². The van der Waals surface area contributed by atoms with Crippen LogP contribution in [-0.2, 0) is 4.79 Å². The fourth-order valence-electron chi connectivity index (χ4n) is 2.02. The number of hydrogen-bond donors (Lipinski definition) is 0.